The van der Waals surface area contributed by atoms with Gasteiger partial charge in [-0.2, -0.15) is 0 Å². The van der Waals surface area contributed by atoms with Gasteiger partial charge < -0.3 is 24.8 Å². The van der Waals surface area contributed by atoms with Crippen LogP contribution in [0.15, 0.2) is 66.7 Å². The zero-order chi connectivity index (χ0) is 27.6. The summed E-state index contributed by atoms with van der Waals surface area (Å²) in [5.41, 5.74) is 3.13. The molecule has 3 aromatic rings. The van der Waals surface area contributed by atoms with Gasteiger partial charge in [-0.25, -0.2) is 9.18 Å². The maximum atomic E-state index is 16.0. The van der Waals surface area contributed by atoms with Gasteiger partial charge in [0.1, 0.15) is 31.2 Å². The number of benzene rings is 3. The highest BCUT2D eigenvalue weighted by atomic mass is 19.1. The van der Waals surface area contributed by atoms with E-state index in [9.17, 15) is 14.7 Å². The molecule has 0 fully saturated rings. The normalized spacial score (nSPS) is 14.3. The molecule has 0 aliphatic heterocycles. The van der Waals surface area contributed by atoms with Crippen molar-refractivity contribution < 1.29 is 28.6 Å². The number of anilines is 1. The van der Waals surface area contributed by atoms with Crippen LogP contribution < -0.4 is 10.1 Å². The minimum Gasteiger partial charge on any atom is -0.487 e. The van der Waals surface area contributed by atoms with Crippen LogP contribution in [0.4, 0.5) is 14.9 Å². The number of carboxylic acid groups (broad SMARTS) is 1. The lowest BCUT2D eigenvalue weighted by molar-refractivity contribution is -0.134. The maximum absolute atomic E-state index is 16.0. The summed E-state index contributed by atoms with van der Waals surface area (Å²) in [7, 11) is 0. The number of carbonyl (C=O) groups excluding carboxylic acids is 1. The number of carboxylic acids is 1. The number of aryl methyl sites for hydroxylation is 1. The number of fused-ring (bicyclic) bond motifs is 1. The molecule has 0 aromatic heterocycles. The van der Waals surface area contributed by atoms with Crippen LogP contribution in [-0.2, 0) is 35.6 Å². The van der Waals surface area contributed by atoms with E-state index in [2.05, 4.69) is 12.2 Å². The van der Waals surface area contributed by atoms with Crippen molar-refractivity contribution in [1.29, 1.82) is 0 Å². The molecule has 1 amide bonds. The lowest BCUT2D eigenvalue weighted by Gasteiger charge is -2.35. The van der Waals surface area contributed by atoms with Crippen molar-refractivity contribution in [3.8, 4) is 5.75 Å². The molecule has 39 heavy (non-hydrogen) atoms. The number of carbonyl (C=O) groups is 2. The van der Waals surface area contributed by atoms with Crippen LogP contribution in [0.2, 0.25) is 0 Å². The van der Waals surface area contributed by atoms with E-state index in [-0.39, 0.29) is 30.7 Å². The monoisotopic (exact) mass is 534 g/mol. The summed E-state index contributed by atoms with van der Waals surface area (Å²) in [5, 5.41) is 11.9. The molecule has 4 rings (SSSR count). The summed E-state index contributed by atoms with van der Waals surface area (Å²) in [4.78, 5) is 26.1. The number of hydrogen-bond acceptors (Lipinski definition) is 5. The van der Waals surface area contributed by atoms with Crippen molar-refractivity contribution in [2.24, 2.45) is 0 Å². The fourth-order valence-corrected chi connectivity index (χ4v) is 4.82. The third-order valence-electron chi connectivity index (χ3n) is 6.90. The molecule has 0 unspecified atom stereocenters. The number of nitrogens with zero attached hydrogens (tertiary/aromatic N) is 1. The number of aliphatic carboxylic acids is 1. The summed E-state index contributed by atoms with van der Waals surface area (Å²) in [6.45, 7) is 2.52. The summed E-state index contributed by atoms with van der Waals surface area (Å²) < 4.78 is 27.6. The molecule has 0 spiro atoms. The molecule has 2 N–H and O–H groups in total. The van der Waals surface area contributed by atoms with E-state index in [1.165, 1.54) is 0 Å². The average Bonchev–Trinajstić information content (AvgIpc) is 2.96. The van der Waals surface area contributed by atoms with Gasteiger partial charge in [-0.3, -0.25) is 4.79 Å². The summed E-state index contributed by atoms with van der Waals surface area (Å²) in [5.74, 6) is -1.36. The molecule has 0 bridgehead atoms. The Morgan fingerprint density at radius 2 is 1.72 bits per heavy atom. The van der Waals surface area contributed by atoms with E-state index in [1.807, 2.05) is 60.7 Å². The van der Waals surface area contributed by atoms with Crippen molar-refractivity contribution in [1.82, 2.24) is 4.90 Å². The number of hydrogen-bond donors (Lipinski definition) is 2. The van der Waals surface area contributed by atoms with Gasteiger partial charge in [0.05, 0.1) is 0 Å². The van der Waals surface area contributed by atoms with Gasteiger partial charge in [-0.1, -0.05) is 74.0 Å². The number of unbranched alkanes of at least 4 members (excludes halogenated alkanes) is 1. The number of ether oxygens (including phenoxy) is 2. The molecule has 0 saturated heterocycles. The second-order valence-corrected chi connectivity index (χ2v) is 9.71. The fourth-order valence-electron chi connectivity index (χ4n) is 4.82. The number of rotatable bonds is 12. The quantitative estimate of drug-likeness (QED) is 0.288. The smallest absolute Gasteiger partial charge is 0.410 e. The Kier molecular flexibility index (Phi) is 9.78. The van der Waals surface area contributed by atoms with E-state index in [0.29, 0.717) is 31.4 Å². The molecular formula is C31H35FN2O5. The zero-order valence-corrected chi connectivity index (χ0v) is 22.2. The summed E-state index contributed by atoms with van der Waals surface area (Å²) >= 11 is 0. The number of nitrogens with one attached hydrogen (secondary N) is 1. The van der Waals surface area contributed by atoms with Crippen molar-refractivity contribution in [2.75, 3.05) is 18.4 Å². The topological polar surface area (TPSA) is 88.1 Å². The largest absolute Gasteiger partial charge is 0.487 e. The molecule has 0 saturated carbocycles. The molecule has 1 atom stereocenters. The van der Waals surface area contributed by atoms with Gasteiger partial charge in [-0.05, 0) is 54.0 Å². The Morgan fingerprint density at radius 1 is 1.05 bits per heavy atom. The van der Waals surface area contributed by atoms with E-state index in [1.54, 1.807) is 11.0 Å². The molecule has 206 valence electrons. The van der Waals surface area contributed by atoms with Crippen LogP contribution in [0.5, 0.6) is 5.75 Å². The third kappa shape index (κ3) is 7.50. The fraction of sp³-hybridized carbons (Fsp3) is 0.355. The summed E-state index contributed by atoms with van der Waals surface area (Å²) in [6.07, 6.45) is 2.85. The minimum absolute atomic E-state index is 0.0273. The Balaban J connectivity index is 1.55. The van der Waals surface area contributed by atoms with Gasteiger partial charge in [0, 0.05) is 12.6 Å². The number of amides is 1. The third-order valence-corrected chi connectivity index (χ3v) is 6.90. The first-order valence-corrected chi connectivity index (χ1v) is 13.4. The van der Waals surface area contributed by atoms with E-state index in [4.69, 9.17) is 9.47 Å². The highest BCUT2D eigenvalue weighted by Crippen LogP contribution is 2.38. The Morgan fingerprint density at radius 3 is 2.36 bits per heavy atom. The van der Waals surface area contributed by atoms with E-state index < -0.39 is 24.4 Å². The standard InChI is InChI=1S/C31H35FN2O5/c1-2-3-16-34(31(37)39-21-23-12-8-5-9-13-23)25-15-14-24-17-27(38-20-22-10-6-4-7-11-22)30(33-19-28(35)36)29(32)26(24)18-25/h4-13,17,25,33H,2-3,14-16,18-21H2,1H3,(H,35,36)/t25-/m1/s1. The van der Waals surface area contributed by atoms with Crippen molar-refractivity contribution in [2.45, 2.75) is 58.3 Å². The van der Waals surface area contributed by atoms with Crippen LogP contribution in [0.1, 0.15) is 48.4 Å². The predicted molar refractivity (Wildman–Crippen MR) is 147 cm³/mol. The first-order valence-electron chi connectivity index (χ1n) is 13.4. The Bertz CT molecular complexity index is 1250. The van der Waals surface area contributed by atoms with Crippen LogP contribution in [-0.4, -0.2) is 41.2 Å². The number of halogens is 1. The molecule has 7 nitrogen and oxygen atoms in total. The van der Waals surface area contributed by atoms with Crippen molar-refractivity contribution >= 4 is 17.7 Å². The highest BCUT2D eigenvalue weighted by Gasteiger charge is 2.32. The Hall–Kier alpha value is -4.07. The first-order chi connectivity index (χ1) is 19.0. The first kappa shape index (κ1) is 28.0. The molecule has 8 heteroatoms. The van der Waals surface area contributed by atoms with Crippen LogP contribution in [0.3, 0.4) is 0 Å². The molecule has 0 heterocycles. The van der Waals surface area contributed by atoms with Crippen molar-refractivity contribution in [3.05, 3.63) is 94.8 Å². The highest BCUT2D eigenvalue weighted by molar-refractivity contribution is 5.75. The van der Waals surface area contributed by atoms with Gasteiger partial charge in [-0.15, -0.1) is 0 Å². The lowest BCUT2D eigenvalue weighted by Crippen LogP contribution is -2.44. The van der Waals surface area contributed by atoms with E-state index >= 15 is 4.39 Å². The lowest BCUT2D eigenvalue weighted by atomic mass is 9.86. The van der Waals surface area contributed by atoms with Gasteiger partial charge in [0.25, 0.3) is 0 Å². The molecule has 1 aliphatic rings. The molecule has 3 aromatic carbocycles. The minimum atomic E-state index is -1.11. The van der Waals surface area contributed by atoms with Gasteiger partial charge in [0.15, 0.2) is 5.82 Å². The molecular weight excluding hydrogens is 499 g/mol. The second-order valence-electron chi connectivity index (χ2n) is 9.71. The maximum Gasteiger partial charge on any atom is 0.410 e. The average molecular weight is 535 g/mol. The zero-order valence-electron chi connectivity index (χ0n) is 22.2. The second kappa shape index (κ2) is 13.6. The molecule has 1 aliphatic carbocycles. The van der Waals surface area contributed by atoms with Crippen LogP contribution in [0, 0.1) is 5.82 Å². The predicted octanol–water partition coefficient (Wildman–Crippen LogP) is 6.20. The molecule has 0 radical (unpaired) electrons. The van der Waals surface area contributed by atoms with E-state index in [0.717, 1.165) is 29.5 Å². The SMILES string of the molecule is CCCCN(C(=O)OCc1ccccc1)[C@@H]1CCc2cc(OCc3ccccc3)c(NCC(=O)O)c(F)c2C1. The van der Waals surface area contributed by atoms with Crippen LogP contribution in [0.25, 0.3) is 0 Å². The summed E-state index contributed by atoms with van der Waals surface area (Å²) in [6, 6.07) is 20.6. The van der Waals surface area contributed by atoms with Crippen molar-refractivity contribution in [3.63, 3.8) is 0 Å². The van der Waals surface area contributed by atoms with Gasteiger partial charge >= 0.3 is 12.1 Å². The van der Waals surface area contributed by atoms with Crippen LogP contribution >= 0.6 is 0 Å². The van der Waals surface area contributed by atoms with Gasteiger partial charge in [0.2, 0.25) is 0 Å². The Labute approximate surface area is 228 Å².